The molecule has 1 fully saturated rings. The van der Waals surface area contributed by atoms with Crippen molar-refractivity contribution >= 4 is 29.9 Å². The van der Waals surface area contributed by atoms with Crippen LogP contribution in [0, 0.1) is 5.92 Å². The highest BCUT2D eigenvalue weighted by atomic mass is 35.5. The number of halogens is 1. The van der Waals surface area contributed by atoms with Gasteiger partial charge in [-0.05, 0) is 37.1 Å². The third kappa shape index (κ3) is 5.22. The fraction of sp³-hybridized carbons (Fsp3) is 0.529. The first-order valence-electron chi connectivity index (χ1n) is 8.02. The Bertz CT molecular complexity index is 519. The Balaban J connectivity index is 0.00000264. The van der Waals surface area contributed by atoms with E-state index in [-0.39, 0.29) is 36.6 Å². The zero-order valence-corrected chi connectivity index (χ0v) is 14.4. The molecule has 6 heteroatoms. The number of anilines is 1. The lowest BCUT2D eigenvalue weighted by molar-refractivity contribution is -0.126. The third-order valence-electron chi connectivity index (χ3n) is 3.96. The maximum atomic E-state index is 12.2. The Labute approximate surface area is 144 Å². The molecule has 1 aliphatic heterocycles. The van der Waals surface area contributed by atoms with Crippen LogP contribution in [-0.2, 0) is 16.0 Å². The van der Waals surface area contributed by atoms with Crippen LogP contribution in [0.15, 0.2) is 24.3 Å². The normalized spacial score (nSPS) is 17.0. The number of rotatable bonds is 7. The predicted octanol–water partition coefficient (Wildman–Crippen LogP) is 1.88. The van der Waals surface area contributed by atoms with Crippen molar-refractivity contribution in [3.63, 3.8) is 0 Å². The molecule has 128 valence electrons. The molecule has 2 amide bonds. The number of nitrogens with zero attached hydrogens (tertiary/aromatic N) is 1. The van der Waals surface area contributed by atoms with E-state index in [1.165, 1.54) is 5.56 Å². The lowest BCUT2D eigenvalue weighted by Gasteiger charge is -2.17. The molecule has 0 radical (unpaired) electrons. The zero-order chi connectivity index (χ0) is 15.9. The van der Waals surface area contributed by atoms with Crippen molar-refractivity contribution in [2.45, 2.75) is 32.6 Å². The van der Waals surface area contributed by atoms with Crippen LogP contribution in [-0.4, -0.2) is 31.4 Å². The lowest BCUT2D eigenvalue weighted by Crippen LogP contribution is -2.34. The molecular formula is C17H26ClN3O2. The van der Waals surface area contributed by atoms with Gasteiger partial charge in [-0.15, -0.1) is 12.4 Å². The van der Waals surface area contributed by atoms with Crippen molar-refractivity contribution in [3.05, 3.63) is 29.8 Å². The molecular weight excluding hydrogens is 314 g/mol. The van der Waals surface area contributed by atoms with E-state index in [9.17, 15) is 9.59 Å². The van der Waals surface area contributed by atoms with Gasteiger partial charge in [-0.2, -0.15) is 0 Å². The quantitative estimate of drug-likeness (QED) is 0.745. The summed E-state index contributed by atoms with van der Waals surface area (Å²) in [6.07, 6.45) is 3.19. The second kappa shape index (κ2) is 9.53. The van der Waals surface area contributed by atoms with Gasteiger partial charge in [0.1, 0.15) is 0 Å². The van der Waals surface area contributed by atoms with E-state index in [2.05, 4.69) is 24.4 Å². The van der Waals surface area contributed by atoms with Gasteiger partial charge in [0.25, 0.3) is 0 Å². The van der Waals surface area contributed by atoms with Gasteiger partial charge in [0, 0.05) is 25.2 Å². The molecule has 0 saturated carbocycles. The Morgan fingerprint density at radius 2 is 2.04 bits per heavy atom. The van der Waals surface area contributed by atoms with Crippen molar-refractivity contribution in [1.29, 1.82) is 0 Å². The van der Waals surface area contributed by atoms with Crippen LogP contribution in [0.3, 0.4) is 0 Å². The van der Waals surface area contributed by atoms with E-state index >= 15 is 0 Å². The van der Waals surface area contributed by atoms with E-state index in [1.807, 2.05) is 12.1 Å². The summed E-state index contributed by atoms with van der Waals surface area (Å²) < 4.78 is 0. The molecule has 2 rings (SSSR count). The molecule has 1 saturated heterocycles. The first-order chi connectivity index (χ1) is 10.7. The number of hydrogen-bond acceptors (Lipinski definition) is 3. The molecule has 1 atom stereocenters. The van der Waals surface area contributed by atoms with E-state index in [0.717, 1.165) is 24.9 Å². The summed E-state index contributed by atoms with van der Waals surface area (Å²) in [5.74, 6) is -0.297. The minimum atomic E-state index is -0.263. The van der Waals surface area contributed by atoms with Crippen LogP contribution in [0.4, 0.5) is 5.69 Å². The molecule has 1 unspecified atom stereocenters. The highest BCUT2D eigenvalue weighted by molar-refractivity contribution is 6.00. The standard InChI is InChI=1S/C17H25N3O2.ClH/c1-2-4-13-5-7-15(8-6-13)20-12-14(11-16(20)21)17(22)19-10-3-9-18;/h5-8,14H,2-4,9-12,18H2,1H3,(H,19,22);1H. The Kier molecular flexibility index (Phi) is 8.06. The molecule has 23 heavy (non-hydrogen) atoms. The Morgan fingerprint density at radius 1 is 1.35 bits per heavy atom. The number of nitrogens with one attached hydrogen (secondary N) is 1. The van der Waals surface area contributed by atoms with Gasteiger partial charge < -0.3 is 16.0 Å². The predicted molar refractivity (Wildman–Crippen MR) is 94.8 cm³/mol. The van der Waals surface area contributed by atoms with Crippen LogP contribution in [0.2, 0.25) is 0 Å². The minimum Gasteiger partial charge on any atom is -0.356 e. The number of amides is 2. The van der Waals surface area contributed by atoms with Crippen LogP contribution in [0.1, 0.15) is 31.7 Å². The third-order valence-corrected chi connectivity index (χ3v) is 3.96. The summed E-state index contributed by atoms with van der Waals surface area (Å²) in [5.41, 5.74) is 7.56. The summed E-state index contributed by atoms with van der Waals surface area (Å²) in [7, 11) is 0. The fourth-order valence-corrected chi connectivity index (χ4v) is 2.72. The Morgan fingerprint density at radius 3 is 2.65 bits per heavy atom. The van der Waals surface area contributed by atoms with Crippen molar-refractivity contribution in [2.24, 2.45) is 11.7 Å². The smallest absolute Gasteiger partial charge is 0.227 e. The van der Waals surface area contributed by atoms with E-state index in [4.69, 9.17) is 5.73 Å². The molecule has 1 heterocycles. The monoisotopic (exact) mass is 339 g/mol. The summed E-state index contributed by atoms with van der Waals surface area (Å²) in [6.45, 7) is 3.73. The molecule has 1 aromatic carbocycles. The molecule has 5 nitrogen and oxygen atoms in total. The highest BCUT2D eigenvalue weighted by Gasteiger charge is 2.34. The molecule has 3 N–H and O–H groups in total. The highest BCUT2D eigenvalue weighted by Crippen LogP contribution is 2.25. The van der Waals surface area contributed by atoms with Gasteiger partial charge >= 0.3 is 0 Å². The van der Waals surface area contributed by atoms with Crippen LogP contribution in [0.25, 0.3) is 0 Å². The number of carbonyl (C=O) groups is 2. The number of hydrogen-bond donors (Lipinski definition) is 2. The second-order valence-electron chi connectivity index (χ2n) is 5.76. The van der Waals surface area contributed by atoms with E-state index in [1.54, 1.807) is 4.90 Å². The summed E-state index contributed by atoms with van der Waals surface area (Å²) in [5, 5.41) is 2.85. The van der Waals surface area contributed by atoms with Gasteiger partial charge in [-0.3, -0.25) is 9.59 Å². The molecule has 0 aromatic heterocycles. The molecule has 0 bridgehead atoms. The number of aryl methyl sites for hydroxylation is 1. The van der Waals surface area contributed by atoms with Gasteiger partial charge in [0.15, 0.2) is 0 Å². The van der Waals surface area contributed by atoms with Crippen LogP contribution >= 0.6 is 12.4 Å². The Hall–Kier alpha value is -1.59. The van der Waals surface area contributed by atoms with E-state index in [0.29, 0.717) is 19.6 Å². The number of benzene rings is 1. The fourth-order valence-electron chi connectivity index (χ4n) is 2.72. The van der Waals surface area contributed by atoms with Gasteiger partial charge in [-0.25, -0.2) is 0 Å². The van der Waals surface area contributed by atoms with Crippen molar-refractivity contribution in [2.75, 3.05) is 24.5 Å². The van der Waals surface area contributed by atoms with Crippen LogP contribution < -0.4 is 16.0 Å². The van der Waals surface area contributed by atoms with Gasteiger partial charge in [0.05, 0.1) is 5.92 Å². The molecule has 0 spiro atoms. The summed E-state index contributed by atoms with van der Waals surface area (Å²) >= 11 is 0. The first-order valence-corrected chi connectivity index (χ1v) is 8.02. The maximum Gasteiger partial charge on any atom is 0.227 e. The zero-order valence-electron chi connectivity index (χ0n) is 13.6. The largest absolute Gasteiger partial charge is 0.356 e. The van der Waals surface area contributed by atoms with Gasteiger partial charge in [-0.1, -0.05) is 25.5 Å². The SMILES string of the molecule is CCCc1ccc(N2CC(C(=O)NCCCN)CC2=O)cc1.Cl. The molecule has 1 aromatic rings. The molecule has 0 aliphatic carbocycles. The maximum absolute atomic E-state index is 12.2. The lowest BCUT2D eigenvalue weighted by atomic mass is 10.1. The summed E-state index contributed by atoms with van der Waals surface area (Å²) in [6, 6.07) is 8.05. The summed E-state index contributed by atoms with van der Waals surface area (Å²) in [4.78, 5) is 25.9. The number of carbonyl (C=O) groups excluding carboxylic acids is 2. The second-order valence-corrected chi connectivity index (χ2v) is 5.76. The van der Waals surface area contributed by atoms with Gasteiger partial charge in [0.2, 0.25) is 11.8 Å². The first kappa shape index (κ1) is 19.5. The van der Waals surface area contributed by atoms with E-state index < -0.39 is 0 Å². The topological polar surface area (TPSA) is 75.4 Å². The van der Waals surface area contributed by atoms with Crippen molar-refractivity contribution in [1.82, 2.24) is 5.32 Å². The van der Waals surface area contributed by atoms with Crippen molar-refractivity contribution in [3.8, 4) is 0 Å². The average molecular weight is 340 g/mol. The van der Waals surface area contributed by atoms with Crippen molar-refractivity contribution < 1.29 is 9.59 Å². The van der Waals surface area contributed by atoms with Crippen LogP contribution in [0.5, 0.6) is 0 Å². The minimum absolute atomic E-state index is 0. The average Bonchev–Trinajstić information content (AvgIpc) is 2.91. The number of nitrogens with two attached hydrogens (primary N) is 1. The molecule has 1 aliphatic rings.